The zero-order valence-electron chi connectivity index (χ0n) is 13.6. The van der Waals surface area contributed by atoms with E-state index in [2.05, 4.69) is 21.9 Å². The van der Waals surface area contributed by atoms with Crippen LogP contribution in [-0.2, 0) is 13.0 Å². The molecule has 3 heterocycles. The number of fused-ring (bicyclic) bond motifs is 1. The van der Waals surface area contributed by atoms with Crippen LogP contribution in [0.5, 0.6) is 0 Å². The zero-order valence-corrected chi connectivity index (χ0v) is 13.6. The zero-order chi connectivity index (χ0) is 15.8. The Morgan fingerprint density at radius 1 is 1.26 bits per heavy atom. The van der Waals surface area contributed by atoms with Crippen LogP contribution in [0.2, 0.25) is 0 Å². The minimum atomic E-state index is -0.200. The van der Waals surface area contributed by atoms with Crippen LogP contribution in [0, 0.1) is 5.82 Å². The van der Waals surface area contributed by atoms with E-state index in [-0.39, 0.29) is 5.82 Å². The summed E-state index contributed by atoms with van der Waals surface area (Å²) in [6, 6.07) is 7.28. The van der Waals surface area contributed by atoms with Gasteiger partial charge in [0, 0.05) is 36.3 Å². The summed E-state index contributed by atoms with van der Waals surface area (Å²) in [5.74, 6) is -0.200. The molecule has 1 aromatic carbocycles. The average Bonchev–Trinajstić information content (AvgIpc) is 2.95. The molecule has 0 radical (unpaired) electrons. The Morgan fingerprint density at radius 2 is 2.09 bits per heavy atom. The van der Waals surface area contributed by atoms with Crippen molar-refractivity contribution in [3.8, 4) is 11.3 Å². The van der Waals surface area contributed by atoms with Crippen molar-refractivity contribution in [3.63, 3.8) is 0 Å². The molecular weight excluding hydrogens is 291 g/mol. The summed E-state index contributed by atoms with van der Waals surface area (Å²) >= 11 is 0. The molecule has 0 bridgehead atoms. The van der Waals surface area contributed by atoms with Gasteiger partial charge in [0.25, 0.3) is 0 Å². The van der Waals surface area contributed by atoms with E-state index < -0.39 is 0 Å². The Kier molecular flexibility index (Phi) is 3.91. The third kappa shape index (κ3) is 2.79. The summed E-state index contributed by atoms with van der Waals surface area (Å²) in [4.78, 5) is 2.38. The van der Waals surface area contributed by atoms with Crippen molar-refractivity contribution in [2.75, 3.05) is 26.7 Å². The summed E-state index contributed by atoms with van der Waals surface area (Å²) in [7, 11) is 2.18. The highest BCUT2D eigenvalue weighted by Crippen LogP contribution is 2.32. The second-order valence-electron chi connectivity index (χ2n) is 6.69. The lowest BCUT2D eigenvalue weighted by Gasteiger charge is -2.30. The fraction of sp³-hybridized carbons (Fsp3) is 0.500. The molecule has 0 amide bonds. The maximum atomic E-state index is 13.6. The van der Waals surface area contributed by atoms with Gasteiger partial charge in [-0.05, 0) is 45.1 Å². The Labute approximate surface area is 136 Å². The van der Waals surface area contributed by atoms with Gasteiger partial charge in [0.15, 0.2) is 0 Å². The first-order valence-corrected chi connectivity index (χ1v) is 8.48. The molecule has 0 spiro atoms. The number of likely N-dealkylation sites (tertiary alicyclic amines) is 1. The van der Waals surface area contributed by atoms with Crippen LogP contribution in [-0.4, -0.2) is 41.4 Å². The number of piperidine rings is 1. The minimum Gasteiger partial charge on any atom is -0.312 e. The van der Waals surface area contributed by atoms with Gasteiger partial charge >= 0.3 is 0 Å². The first-order chi connectivity index (χ1) is 11.2. The third-order valence-electron chi connectivity index (χ3n) is 5.09. The lowest BCUT2D eigenvalue weighted by molar-refractivity contribution is 0.209. The fourth-order valence-corrected chi connectivity index (χ4v) is 3.78. The Morgan fingerprint density at radius 3 is 2.87 bits per heavy atom. The van der Waals surface area contributed by atoms with Crippen LogP contribution in [0.25, 0.3) is 11.3 Å². The topological polar surface area (TPSA) is 33.1 Å². The van der Waals surface area contributed by atoms with Crippen molar-refractivity contribution >= 4 is 0 Å². The van der Waals surface area contributed by atoms with Crippen LogP contribution in [0.15, 0.2) is 24.3 Å². The van der Waals surface area contributed by atoms with Gasteiger partial charge in [0.1, 0.15) is 5.82 Å². The summed E-state index contributed by atoms with van der Waals surface area (Å²) in [6.07, 6.45) is 3.28. The lowest BCUT2D eigenvalue weighted by atomic mass is 10.0. The van der Waals surface area contributed by atoms with E-state index in [9.17, 15) is 4.39 Å². The Hall–Kier alpha value is -1.72. The van der Waals surface area contributed by atoms with Gasteiger partial charge in [-0.2, -0.15) is 5.10 Å². The van der Waals surface area contributed by atoms with Crippen LogP contribution < -0.4 is 5.32 Å². The highest BCUT2D eigenvalue weighted by Gasteiger charge is 2.27. The maximum Gasteiger partial charge on any atom is 0.123 e. The molecule has 2 aliphatic heterocycles. The van der Waals surface area contributed by atoms with Gasteiger partial charge in [-0.15, -0.1) is 0 Å². The molecule has 0 unspecified atom stereocenters. The summed E-state index contributed by atoms with van der Waals surface area (Å²) < 4.78 is 15.9. The number of hydrogen-bond acceptors (Lipinski definition) is 3. The molecule has 2 aromatic rings. The number of benzene rings is 1. The van der Waals surface area contributed by atoms with E-state index >= 15 is 0 Å². The third-order valence-corrected chi connectivity index (χ3v) is 5.09. The van der Waals surface area contributed by atoms with Gasteiger partial charge in [-0.25, -0.2) is 4.39 Å². The van der Waals surface area contributed by atoms with E-state index in [0.29, 0.717) is 6.04 Å². The van der Waals surface area contributed by atoms with Crippen molar-refractivity contribution in [2.45, 2.75) is 31.8 Å². The van der Waals surface area contributed by atoms with E-state index in [1.807, 2.05) is 6.07 Å². The number of rotatable bonds is 2. The monoisotopic (exact) mass is 314 g/mol. The normalized spacial score (nSPS) is 19.7. The molecule has 1 saturated heterocycles. The van der Waals surface area contributed by atoms with Crippen molar-refractivity contribution in [2.24, 2.45) is 0 Å². The molecule has 23 heavy (non-hydrogen) atoms. The molecule has 0 atom stereocenters. The van der Waals surface area contributed by atoms with Crippen LogP contribution in [0.4, 0.5) is 4.39 Å². The molecule has 4 rings (SSSR count). The average molecular weight is 314 g/mol. The van der Waals surface area contributed by atoms with Crippen molar-refractivity contribution in [1.82, 2.24) is 20.0 Å². The Bertz CT molecular complexity index is 701. The fourth-order valence-electron chi connectivity index (χ4n) is 3.78. The van der Waals surface area contributed by atoms with Gasteiger partial charge in [-0.3, -0.25) is 4.68 Å². The molecule has 0 aliphatic carbocycles. The number of halogens is 1. The SMILES string of the molecule is CN1CCC(n2nc(-c3cccc(F)c3)c3c2CCNC3)CC1. The lowest BCUT2D eigenvalue weighted by Crippen LogP contribution is -2.33. The molecule has 1 aromatic heterocycles. The first kappa shape index (κ1) is 14.8. The van der Waals surface area contributed by atoms with E-state index in [1.54, 1.807) is 12.1 Å². The number of aromatic nitrogens is 2. The van der Waals surface area contributed by atoms with Crippen LogP contribution >= 0.6 is 0 Å². The standard InChI is InChI=1S/C18H23FN4/c1-22-9-6-15(7-10-22)23-17-5-8-20-12-16(17)18(21-23)13-3-2-4-14(19)11-13/h2-4,11,15,20H,5-10,12H2,1H3. The second kappa shape index (κ2) is 6.06. The summed E-state index contributed by atoms with van der Waals surface area (Å²) in [6.45, 7) is 4.06. The van der Waals surface area contributed by atoms with Gasteiger partial charge in [0.05, 0.1) is 11.7 Å². The molecule has 122 valence electrons. The van der Waals surface area contributed by atoms with Crippen molar-refractivity contribution in [1.29, 1.82) is 0 Å². The molecule has 1 N–H and O–H groups in total. The van der Waals surface area contributed by atoms with Gasteiger partial charge < -0.3 is 10.2 Å². The second-order valence-corrected chi connectivity index (χ2v) is 6.69. The van der Waals surface area contributed by atoms with Crippen LogP contribution in [0.3, 0.4) is 0 Å². The smallest absolute Gasteiger partial charge is 0.123 e. The highest BCUT2D eigenvalue weighted by molar-refractivity contribution is 5.64. The van der Waals surface area contributed by atoms with Crippen LogP contribution in [0.1, 0.15) is 30.1 Å². The summed E-state index contributed by atoms with van der Waals surface area (Å²) in [5, 5.41) is 8.38. The van der Waals surface area contributed by atoms with E-state index in [0.717, 1.165) is 56.7 Å². The largest absolute Gasteiger partial charge is 0.312 e. The predicted molar refractivity (Wildman–Crippen MR) is 88.8 cm³/mol. The van der Waals surface area contributed by atoms with E-state index in [4.69, 9.17) is 5.10 Å². The first-order valence-electron chi connectivity index (χ1n) is 8.48. The number of nitrogens with one attached hydrogen (secondary N) is 1. The molecule has 1 fully saturated rings. The quantitative estimate of drug-likeness (QED) is 0.925. The minimum absolute atomic E-state index is 0.200. The predicted octanol–water partition coefficient (Wildman–Crippen LogP) is 2.60. The molecule has 5 heteroatoms. The number of nitrogens with zero attached hydrogens (tertiary/aromatic N) is 3. The number of hydrogen-bond donors (Lipinski definition) is 1. The maximum absolute atomic E-state index is 13.6. The summed E-state index contributed by atoms with van der Waals surface area (Å²) in [5.41, 5.74) is 4.43. The van der Waals surface area contributed by atoms with Gasteiger partial charge in [-0.1, -0.05) is 12.1 Å². The van der Waals surface area contributed by atoms with Gasteiger partial charge in [0.2, 0.25) is 0 Å². The molecule has 4 nitrogen and oxygen atoms in total. The molecule has 0 saturated carbocycles. The Balaban J connectivity index is 1.76. The van der Waals surface area contributed by atoms with Crippen molar-refractivity contribution < 1.29 is 4.39 Å². The molecule has 2 aliphatic rings. The van der Waals surface area contributed by atoms with E-state index in [1.165, 1.54) is 17.3 Å². The highest BCUT2D eigenvalue weighted by atomic mass is 19.1. The van der Waals surface area contributed by atoms with Crippen molar-refractivity contribution in [3.05, 3.63) is 41.3 Å². The molecular formula is C18H23FN4.